The number of aromatic nitrogens is 2. The number of hydrazone groups is 1. The molecule has 1 N–H and O–H groups in total. The molecule has 6 atom stereocenters. The average Bonchev–Trinajstić information content (AvgIpc) is 3.18. The highest BCUT2D eigenvalue weighted by Gasteiger charge is 2.67. The summed E-state index contributed by atoms with van der Waals surface area (Å²) in [7, 11) is -0.124. The fourth-order valence-corrected chi connectivity index (χ4v) is 8.32. The van der Waals surface area contributed by atoms with Gasteiger partial charge < -0.3 is 14.6 Å². The lowest BCUT2D eigenvalue weighted by atomic mass is 9.33. The number of aromatic amines is 1. The smallest absolute Gasteiger partial charge is 0.407 e. The summed E-state index contributed by atoms with van der Waals surface area (Å²) in [6, 6.07) is 2.20. The van der Waals surface area contributed by atoms with Gasteiger partial charge in [0.25, 0.3) is 0 Å². The number of pyridine rings is 1. The molecule has 0 spiro atoms. The van der Waals surface area contributed by atoms with E-state index in [2.05, 4.69) is 49.9 Å². The van der Waals surface area contributed by atoms with Crippen LogP contribution in [0.2, 0.25) is 0 Å². The summed E-state index contributed by atoms with van der Waals surface area (Å²) >= 11 is 0. The number of rotatable bonds is 2. The highest BCUT2D eigenvalue weighted by atomic mass is 16.5. The number of nitrogens with zero attached hydrogens (tertiary/aromatic N) is 3. The molecule has 5 nitrogen and oxygen atoms in total. The number of fused-ring (bicyclic) bond motifs is 5. The van der Waals surface area contributed by atoms with Gasteiger partial charge in [0, 0.05) is 46.9 Å². The van der Waals surface area contributed by atoms with Crippen LogP contribution in [0.3, 0.4) is 0 Å². The molecular formula is C25H33BN4O. The van der Waals surface area contributed by atoms with Crippen molar-refractivity contribution in [2.24, 2.45) is 40.1 Å². The van der Waals surface area contributed by atoms with Crippen molar-refractivity contribution in [1.29, 1.82) is 0 Å². The van der Waals surface area contributed by atoms with Gasteiger partial charge in [-0.15, -0.1) is 0 Å². The molecule has 0 aromatic carbocycles. The van der Waals surface area contributed by atoms with E-state index in [0.717, 1.165) is 42.3 Å². The lowest BCUT2D eigenvalue weighted by molar-refractivity contribution is -0.212. The first-order valence-electron chi connectivity index (χ1n) is 12.4. The Labute approximate surface area is 185 Å². The molecule has 2 aromatic rings. The van der Waals surface area contributed by atoms with Gasteiger partial charge in [-0.3, -0.25) is 0 Å². The molecule has 3 aliphatic carbocycles. The van der Waals surface area contributed by atoms with Crippen LogP contribution in [0.4, 0.5) is 0 Å². The van der Waals surface area contributed by atoms with Crippen molar-refractivity contribution >= 4 is 29.3 Å². The lowest BCUT2D eigenvalue weighted by Gasteiger charge is -2.71. The predicted molar refractivity (Wildman–Crippen MR) is 124 cm³/mol. The zero-order chi connectivity index (χ0) is 21.1. The Hall–Kier alpha value is -1.82. The normalized spacial score (nSPS) is 39.7. The molecule has 1 saturated heterocycles. The van der Waals surface area contributed by atoms with Crippen molar-refractivity contribution in [1.82, 2.24) is 14.9 Å². The van der Waals surface area contributed by atoms with Crippen molar-refractivity contribution in [3.8, 4) is 0 Å². The summed E-state index contributed by atoms with van der Waals surface area (Å²) in [5, 5.41) is 6.65. The Balaban J connectivity index is 1.40. The topological polar surface area (TPSA) is 53.5 Å². The maximum Gasteiger partial charge on any atom is 0.471 e. The quantitative estimate of drug-likeness (QED) is 0.748. The summed E-state index contributed by atoms with van der Waals surface area (Å²) in [6.45, 7) is 10.3. The molecule has 0 bridgehead atoms. The third kappa shape index (κ3) is 2.38. The van der Waals surface area contributed by atoms with Gasteiger partial charge >= 0.3 is 7.05 Å². The molecule has 3 saturated carbocycles. The summed E-state index contributed by atoms with van der Waals surface area (Å²) in [4.78, 5) is 10.3. The molecule has 7 rings (SSSR count). The van der Waals surface area contributed by atoms with Gasteiger partial charge in [0.15, 0.2) is 0 Å². The van der Waals surface area contributed by atoms with Gasteiger partial charge in [0.2, 0.25) is 0 Å². The second-order valence-corrected chi connectivity index (χ2v) is 11.9. The van der Waals surface area contributed by atoms with E-state index in [1.54, 1.807) is 0 Å². The number of nitrogens with one attached hydrogen (secondary N) is 1. The SMILES string of the molecule is CC[C@@H]1C[C@]2(C)CC3C[C@H]([C@@H]1C1=NN4CCC(C)(C)OB4c4cnc5[nH]ccc5c41)[C@@H]32. The van der Waals surface area contributed by atoms with Crippen LogP contribution in [0, 0.1) is 35.0 Å². The van der Waals surface area contributed by atoms with Gasteiger partial charge in [-0.25, -0.2) is 4.98 Å². The molecule has 4 heterocycles. The summed E-state index contributed by atoms with van der Waals surface area (Å²) in [5.41, 5.74) is 5.30. The van der Waals surface area contributed by atoms with E-state index in [0.29, 0.717) is 11.3 Å². The third-order valence-electron chi connectivity index (χ3n) is 9.63. The molecule has 2 aromatic heterocycles. The molecule has 31 heavy (non-hydrogen) atoms. The number of hydrogen-bond acceptors (Lipinski definition) is 4. The van der Waals surface area contributed by atoms with Crippen LogP contribution >= 0.6 is 0 Å². The van der Waals surface area contributed by atoms with Gasteiger partial charge in [-0.2, -0.15) is 5.10 Å². The van der Waals surface area contributed by atoms with Gasteiger partial charge in [0.1, 0.15) is 5.65 Å². The minimum Gasteiger partial charge on any atom is -0.407 e. The standard InChI is InChI=1S/C25H33BN4O/c1-5-14-11-25(4)12-15-10-17(21(15)25)19(14)22-20-16-6-8-27-23(16)28-13-18(20)26-30(29-22)9-7-24(2,3)31-26/h6,8,13-15,17,19,21H,5,7,9-12H2,1-4H3,(H,27,28)/t14-,15?,17-,19-,21-,25-/m1/s1. The van der Waals surface area contributed by atoms with E-state index >= 15 is 0 Å². The fraction of sp³-hybridized carbons (Fsp3) is 0.680. The third-order valence-corrected chi connectivity index (χ3v) is 9.63. The summed E-state index contributed by atoms with van der Waals surface area (Å²) in [6.07, 6.45) is 10.6. The van der Waals surface area contributed by atoms with Crippen molar-refractivity contribution in [2.75, 3.05) is 6.54 Å². The van der Waals surface area contributed by atoms with Crippen LogP contribution < -0.4 is 5.46 Å². The Morgan fingerprint density at radius 2 is 2.16 bits per heavy atom. The molecular weight excluding hydrogens is 383 g/mol. The Morgan fingerprint density at radius 1 is 1.29 bits per heavy atom. The van der Waals surface area contributed by atoms with E-state index in [-0.39, 0.29) is 12.7 Å². The van der Waals surface area contributed by atoms with Crippen LogP contribution in [0.1, 0.15) is 65.4 Å². The number of hydrogen-bond donors (Lipinski definition) is 1. The zero-order valence-corrected chi connectivity index (χ0v) is 19.2. The second kappa shape index (κ2) is 5.95. The summed E-state index contributed by atoms with van der Waals surface area (Å²) in [5.74, 6) is 3.99. The number of H-pyrrole nitrogens is 1. The molecule has 4 fully saturated rings. The predicted octanol–water partition coefficient (Wildman–Crippen LogP) is 4.19. The lowest BCUT2D eigenvalue weighted by Crippen LogP contribution is -2.67. The van der Waals surface area contributed by atoms with E-state index in [1.165, 1.54) is 47.8 Å². The highest BCUT2D eigenvalue weighted by Crippen LogP contribution is 2.73. The molecule has 5 aliphatic rings. The summed E-state index contributed by atoms with van der Waals surface area (Å²) < 4.78 is 6.59. The minimum absolute atomic E-state index is 0.124. The highest BCUT2D eigenvalue weighted by molar-refractivity contribution is 6.68. The van der Waals surface area contributed by atoms with Crippen LogP contribution in [-0.4, -0.2) is 39.8 Å². The molecule has 2 aliphatic heterocycles. The van der Waals surface area contributed by atoms with Crippen molar-refractivity contribution in [2.45, 2.75) is 65.4 Å². The maximum absolute atomic E-state index is 6.59. The second-order valence-electron chi connectivity index (χ2n) is 11.9. The first kappa shape index (κ1) is 18.7. The largest absolute Gasteiger partial charge is 0.471 e. The Kier molecular flexibility index (Phi) is 3.59. The molecule has 0 amide bonds. The van der Waals surface area contributed by atoms with Crippen LogP contribution in [0.25, 0.3) is 11.0 Å². The Bertz CT molecular complexity index is 1110. The van der Waals surface area contributed by atoms with Gasteiger partial charge in [0.05, 0.1) is 5.71 Å². The van der Waals surface area contributed by atoms with Crippen molar-refractivity contribution in [3.05, 3.63) is 24.0 Å². The van der Waals surface area contributed by atoms with Crippen LogP contribution in [0.15, 0.2) is 23.6 Å². The first-order chi connectivity index (χ1) is 14.9. The molecule has 0 radical (unpaired) electrons. The van der Waals surface area contributed by atoms with Crippen molar-refractivity contribution in [3.63, 3.8) is 0 Å². The van der Waals surface area contributed by atoms with Gasteiger partial charge in [-0.1, -0.05) is 20.3 Å². The fourth-order valence-electron chi connectivity index (χ4n) is 8.32. The first-order valence-corrected chi connectivity index (χ1v) is 12.4. The molecule has 162 valence electrons. The molecule has 6 heteroatoms. The van der Waals surface area contributed by atoms with E-state index in [4.69, 9.17) is 14.7 Å². The van der Waals surface area contributed by atoms with E-state index < -0.39 is 0 Å². The van der Waals surface area contributed by atoms with Crippen LogP contribution in [-0.2, 0) is 4.65 Å². The van der Waals surface area contributed by atoms with E-state index in [1.807, 2.05) is 6.20 Å². The Morgan fingerprint density at radius 3 is 2.97 bits per heavy atom. The monoisotopic (exact) mass is 416 g/mol. The minimum atomic E-state index is -0.135. The maximum atomic E-state index is 6.59. The van der Waals surface area contributed by atoms with Crippen LogP contribution in [0.5, 0.6) is 0 Å². The van der Waals surface area contributed by atoms with Gasteiger partial charge in [-0.05, 0) is 74.7 Å². The average molecular weight is 416 g/mol. The zero-order valence-electron chi connectivity index (χ0n) is 19.2. The molecule has 1 unspecified atom stereocenters. The van der Waals surface area contributed by atoms with E-state index in [9.17, 15) is 0 Å². The van der Waals surface area contributed by atoms with Crippen molar-refractivity contribution < 1.29 is 4.65 Å².